The Labute approximate surface area is 132 Å². The van der Waals surface area contributed by atoms with Crippen molar-refractivity contribution in [3.05, 3.63) is 17.0 Å². The number of nitrogens with zero attached hydrogens (tertiary/aromatic N) is 1. The Morgan fingerprint density at radius 2 is 2.23 bits per heavy atom. The van der Waals surface area contributed by atoms with E-state index < -0.39 is 0 Å². The predicted octanol–water partition coefficient (Wildman–Crippen LogP) is 3.00. The number of rotatable bonds is 6. The Balaban J connectivity index is 1.77. The maximum absolute atomic E-state index is 12.1. The number of hydrogen-bond acceptors (Lipinski definition) is 4. The highest BCUT2D eigenvalue weighted by Crippen LogP contribution is 2.23. The van der Waals surface area contributed by atoms with Crippen LogP contribution in [0.25, 0.3) is 0 Å². The van der Waals surface area contributed by atoms with E-state index >= 15 is 0 Å². The lowest BCUT2D eigenvalue weighted by molar-refractivity contribution is 0.0120. The molecule has 0 aromatic carbocycles. The molecule has 2 amide bonds. The van der Waals surface area contributed by atoms with Crippen LogP contribution in [0.1, 0.15) is 62.1 Å². The lowest BCUT2D eigenvalue weighted by atomic mass is 10.0. The molecule has 1 aliphatic rings. The summed E-state index contributed by atoms with van der Waals surface area (Å²) in [6, 6.07) is -0.222. The number of amides is 2. The molecule has 0 saturated carbocycles. The second-order valence-electron chi connectivity index (χ2n) is 5.88. The number of carbonyl (C=O) groups is 1. The third kappa shape index (κ3) is 4.47. The summed E-state index contributed by atoms with van der Waals surface area (Å²) in [5, 5.41) is 9.86. The maximum Gasteiger partial charge on any atom is 0.315 e. The molecule has 2 heterocycles. The van der Waals surface area contributed by atoms with Crippen molar-refractivity contribution in [2.24, 2.45) is 0 Å². The van der Waals surface area contributed by atoms with E-state index in [4.69, 9.17) is 9.26 Å². The summed E-state index contributed by atoms with van der Waals surface area (Å²) in [6.07, 6.45) is 5.43. The lowest BCUT2D eigenvalue weighted by Gasteiger charge is -2.23. The van der Waals surface area contributed by atoms with Gasteiger partial charge in [-0.05, 0) is 46.0 Å². The standard InChI is InChI=1S/C16H27N3O3/c1-4-14(15-11(2)19-22-12(15)3)18-16(20)17-9-8-13-7-5-6-10-21-13/h13-14H,4-10H2,1-3H3,(H2,17,18,20)/t13-,14+/m1/s1. The molecule has 0 unspecified atom stereocenters. The number of aryl methyl sites for hydroxylation is 2. The first-order chi connectivity index (χ1) is 10.6. The van der Waals surface area contributed by atoms with Crippen LogP contribution in [0, 0.1) is 13.8 Å². The van der Waals surface area contributed by atoms with E-state index in [9.17, 15) is 4.79 Å². The van der Waals surface area contributed by atoms with Crippen LogP contribution in [0.4, 0.5) is 4.79 Å². The van der Waals surface area contributed by atoms with Crippen molar-refractivity contribution >= 4 is 6.03 Å². The molecular formula is C16H27N3O3. The Morgan fingerprint density at radius 1 is 1.41 bits per heavy atom. The van der Waals surface area contributed by atoms with Crippen LogP contribution >= 0.6 is 0 Å². The summed E-state index contributed by atoms with van der Waals surface area (Å²) in [5.41, 5.74) is 1.81. The molecule has 6 heteroatoms. The molecule has 1 aromatic rings. The second-order valence-corrected chi connectivity index (χ2v) is 5.88. The topological polar surface area (TPSA) is 76.4 Å². The average Bonchev–Trinajstić information content (AvgIpc) is 2.85. The van der Waals surface area contributed by atoms with Gasteiger partial charge in [0.05, 0.1) is 17.8 Å². The van der Waals surface area contributed by atoms with Crippen molar-refractivity contribution in [3.63, 3.8) is 0 Å². The number of hydrogen-bond donors (Lipinski definition) is 2. The van der Waals surface area contributed by atoms with Crippen LogP contribution in [0.2, 0.25) is 0 Å². The predicted molar refractivity (Wildman–Crippen MR) is 83.8 cm³/mol. The van der Waals surface area contributed by atoms with E-state index in [1.165, 1.54) is 6.42 Å². The maximum atomic E-state index is 12.1. The molecule has 22 heavy (non-hydrogen) atoms. The zero-order chi connectivity index (χ0) is 15.9. The zero-order valence-corrected chi connectivity index (χ0v) is 13.8. The van der Waals surface area contributed by atoms with Gasteiger partial charge in [0.15, 0.2) is 0 Å². The fourth-order valence-electron chi connectivity index (χ4n) is 2.96. The highest BCUT2D eigenvalue weighted by Gasteiger charge is 2.21. The van der Waals surface area contributed by atoms with Crippen LogP contribution in [0.5, 0.6) is 0 Å². The molecule has 124 valence electrons. The molecule has 2 rings (SSSR count). The number of carbonyl (C=O) groups excluding carboxylic acids is 1. The third-order valence-electron chi connectivity index (χ3n) is 4.18. The van der Waals surface area contributed by atoms with Gasteiger partial charge in [0.25, 0.3) is 0 Å². The van der Waals surface area contributed by atoms with E-state index in [1.54, 1.807) is 0 Å². The Hall–Kier alpha value is -1.56. The molecule has 0 aliphatic carbocycles. The Bertz CT molecular complexity index is 461. The molecular weight excluding hydrogens is 282 g/mol. The summed E-state index contributed by atoms with van der Waals surface area (Å²) in [6.45, 7) is 7.29. The van der Waals surface area contributed by atoms with Crippen molar-refractivity contribution in [2.45, 2.75) is 65.0 Å². The normalized spacial score (nSPS) is 19.7. The van der Waals surface area contributed by atoms with E-state index in [2.05, 4.69) is 15.8 Å². The molecule has 0 bridgehead atoms. The molecule has 6 nitrogen and oxygen atoms in total. The van der Waals surface area contributed by atoms with E-state index in [-0.39, 0.29) is 12.1 Å². The van der Waals surface area contributed by atoms with E-state index in [1.807, 2.05) is 20.8 Å². The van der Waals surface area contributed by atoms with Crippen molar-refractivity contribution in [2.75, 3.05) is 13.2 Å². The van der Waals surface area contributed by atoms with Crippen LogP contribution in [-0.2, 0) is 4.74 Å². The largest absolute Gasteiger partial charge is 0.378 e. The van der Waals surface area contributed by atoms with Crippen molar-refractivity contribution in [1.29, 1.82) is 0 Å². The van der Waals surface area contributed by atoms with Crippen LogP contribution in [0.15, 0.2) is 4.52 Å². The van der Waals surface area contributed by atoms with Gasteiger partial charge in [-0.3, -0.25) is 0 Å². The van der Waals surface area contributed by atoms with Crippen molar-refractivity contribution < 1.29 is 14.1 Å². The second kappa shape index (κ2) is 8.17. The number of urea groups is 1. The van der Waals surface area contributed by atoms with Gasteiger partial charge in [-0.2, -0.15) is 0 Å². The van der Waals surface area contributed by atoms with Gasteiger partial charge in [0, 0.05) is 18.7 Å². The SMILES string of the molecule is CC[C@H](NC(=O)NCC[C@H]1CCCCO1)c1c(C)noc1C. The van der Waals surface area contributed by atoms with Crippen LogP contribution in [-0.4, -0.2) is 30.4 Å². The zero-order valence-electron chi connectivity index (χ0n) is 13.8. The van der Waals surface area contributed by atoms with Crippen molar-refractivity contribution in [1.82, 2.24) is 15.8 Å². The van der Waals surface area contributed by atoms with Gasteiger partial charge in [-0.15, -0.1) is 0 Å². The first kappa shape index (κ1) is 16.8. The smallest absolute Gasteiger partial charge is 0.315 e. The molecule has 0 radical (unpaired) electrons. The molecule has 0 spiro atoms. The fraction of sp³-hybridized carbons (Fsp3) is 0.750. The molecule has 1 aromatic heterocycles. The van der Waals surface area contributed by atoms with Crippen LogP contribution in [0.3, 0.4) is 0 Å². The van der Waals surface area contributed by atoms with Gasteiger partial charge in [0.1, 0.15) is 5.76 Å². The van der Waals surface area contributed by atoms with Gasteiger partial charge in [-0.25, -0.2) is 4.79 Å². The van der Waals surface area contributed by atoms with E-state index in [0.717, 1.165) is 49.3 Å². The monoisotopic (exact) mass is 309 g/mol. The number of ether oxygens (including phenoxy) is 1. The summed E-state index contributed by atoms with van der Waals surface area (Å²) in [5.74, 6) is 0.764. The molecule has 2 N–H and O–H groups in total. The molecule has 2 atom stereocenters. The fourth-order valence-corrected chi connectivity index (χ4v) is 2.96. The van der Waals surface area contributed by atoms with Gasteiger partial charge < -0.3 is 19.9 Å². The van der Waals surface area contributed by atoms with Crippen LogP contribution < -0.4 is 10.6 Å². The lowest BCUT2D eigenvalue weighted by Crippen LogP contribution is -2.39. The quantitative estimate of drug-likeness (QED) is 0.847. The molecule has 1 aliphatic heterocycles. The summed E-state index contributed by atoms with van der Waals surface area (Å²) < 4.78 is 10.8. The van der Waals surface area contributed by atoms with Crippen molar-refractivity contribution in [3.8, 4) is 0 Å². The highest BCUT2D eigenvalue weighted by atomic mass is 16.5. The van der Waals surface area contributed by atoms with Gasteiger partial charge in [-0.1, -0.05) is 12.1 Å². The molecule has 1 saturated heterocycles. The van der Waals surface area contributed by atoms with E-state index in [0.29, 0.717) is 12.6 Å². The minimum absolute atomic E-state index is 0.0721. The number of nitrogens with one attached hydrogen (secondary N) is 2. The third-order valence-corrected chi connectivity index (χ3v) is 4.18. The average molecular weight is 309 g/mol. The minimum Gasteiger partial charge on any atom is -0.378 e. The molecule has 1 fully saturated rings. The van der Waals surface area contributed by atoms with Gasteiger partial charge >= 0.3 is 6.03 Å². The first-order valence-electron chi connectivity index (χ1n) is 8.20. The Morgan fingerprint density at radius 3 is 2.82 bits per heavy atom. The first-order valence-corrected chi connectivity index (χ1v) is 8.20. The number of aromatic nitrogens is 1. The highest BCUT2D eigenvalue weighted by molar-refractivity contribution is 5.74. The summed E-state index contributed by atoms with van der Waals surface area (Å²) >= 11 is 0. The minimum atomic E-state index is -0.150. The summed E-state index contributed by atoms with van der Waals surface area (Å²) in [4.78, 5) is 12.1. The van der Waals surface area contributed by atoms with Gasteiger partial charge in [0.2, 0.25) is 0 Å². The summed E-state index contributed by atoms with van der Waals surface area (Å²) in [7, 11) is 0. The Kier molecular flexibility index (Phi) is 6.24.